The third kappa shape index (κ3) is 5.76. The first-order chi connectivity index (χ1) is 16.9. The van der Waals surface area contributed by atoms with Crippen LogP contribution in [-0.4, -0.2) is 46.8 Å². The number of rotatable bonds is 9. The molecular formula is C25H25BrN4O4S. The minimum absolute atomic E-state index is 0.00406. The zero-order chi connectivity index (χ0) is 24.9. The summed E-state index contributed by atoms with van der Waals surface area (Å²) in [5, 5.41) is 15.7. The predicted octanol–water partition coefficient (Wildman–Crippen LogP) is 5.58. The van der Waals surface area contributed by atoms with Crippen LogP contribution in [0, 0.1) is 11.3 Å². The Bertz CT molecular complexity index is 1230. The second-order valence-corrected chi connectivity index (χ2v) is 9.73. The molecule has 8 nitrogen and oxygen atoms in total. The van der Waals surface area contributed by atoms with Crippen LogP contribution < -0.4 is 14.2 Å². The molecule has 182 valence electrons. The maximum absolute atomic E-state index is 12.7. The van der Waals surface area contributed by atoms with Crippen LogP contribution >= 0.6 is 27.7 Å². The van der Waals surface area contributed by atoms with E-state index in [0.29, 0.717) is 46.5 Å². The zero-order valence-electron chi connectivity index (χ0n) is 19.6. The second kappa shape index (κ2) is 11.1. The van der Waals surface area contributed by atoms with Crippen LogP contribution in [0.5, 0.6) is 17.2 Å². The van der Waals surface area contributed by atoms with Gasteiger partial charge in [-0.25, -0.2) is 0 Å². The average Bonchev–Trinajstić information content (AvgIpc) is 3.26. The van der Waals surface area contributed by atoms with Crippen LogP contribution in [0.2, 0.25) is 0 Å². The number of ether oxygens (including phenoxy) is 3. The van der Waals surface area contributed by atoms with Crippen molar-refractivity contribution >= 4 is 55.7 Å². The molecule has 0 aromatic heterocycles. The molecule has 0 atom stereocenters. The number of benzene rings is 2. The summed E-state index contributed by atoms with van der Waals surface area (Å²) in [6, 6.07) is 13.1. The standard InChI is InChI=1S/C25H25BrN4O4S/c1-4-32-20-14-16(13-19(26)21(20)34-11-10-33-17-8-6-5-7-9-17)12-18-22(27)30-25(28-23(18)31)35-24(29-30)15(2)3/h5-9,12-15,27H,4,10-11H2,1-3H3/b18-12-,27-22?. The number of amides is 1. The van der Waals surface area contributed by atoms with Gasteiger partial charge in [0.1, 0.15) is 24.0 Å². The van der Waals surface area contributed by atoms with Gasteiger partial charge in [-0.3, -0.25) is 10.2 Å². The van der Waals surface area contributed by atoms with Crippen molar-refractivity contribution in [1.82, 2.24) is 5.01 Å². The van der Waals surface area contributed by atoms with E-state index in [1.165, 1.54) is 16.8 Å². The first-order valence-electron chi connectivity index (χ1n) is 11.1. The number of halogens is 1. The van der Waals surface area contributed by atoms with Crippen LogP contribution in [0.15, 0.2) is 62.6 Å². The van der Waals surface area contributed by atoms with Crippen molar-refractivity contribution < 1.29 is 19.0 Å². The maximum Gasteiger partial charge on any atom is 0.283 e. The van der Waals surface area contributed by atoms with E-state index in [1.54, 1.807) is 12.1 Å². The Morgan fingerprint density at radius 3 is 2.60 bits per heavy atom. The fraction of sp³-hybridized carbons (Fsp3) is 0.280. The van der Waals surface area contributed by atoms with Crippen molar-refractivity contribution in [3.63, 3.8) is 0 Å². The zero-order valence-corrected chi connectivity index (χ0v) is 22.0. The molecule has 0 spiro atoms. The number of amidine groups is 2. The molecule has 10 heteroatoms. The molecule has 0 saturated carbocycles. The van der Waals surface area contributed by atoms with Gasteiger partial charge >= 0.3 is 0 Å². The summed E-state index contributed by atoms with van der Waals surface area (Å²) in [6.07, 6.45) is 1.62. The topological polar surface area (TPSA) is 96.6 Å². The number of carbonyl (C=O) groups excluding carboxylic acids is 1. The van der Waals surface area contributed by atoms with Crippen molar-refractivity contribution in [2.45, 2.75) is 20.8 Å². The molecule has 0 unspecified atom stereocenters. The van der Waals surface area contributed by atoms with E-state index in [2.05, 4.69) is 26.0 Å². The third-order valence-electron chi connectivity index (χ3n) is 4.95. The molecule has 0 radical (unpaired) electrons. The second-order valence-electron chi connectivity index (χ2n) is 7.89. The molecule has 2 aromatic rings. The van der Waals surface area contributed by atoms with E-state index in [9.17, 15) is 4.79 Å². The summed E-state index contributed by atoms with van der Waals surface area (Å²) in [5.74, 6) is 1.53. The number of thioether (sulfide) groups is 1. The molecule has 2 aromatic carbocycles. The Morgan fingerprint density at radius 1 is 1.14 bits per heavy atom. The lowest BCUT2D eigenvalue weighted by Crippen LogP contribution is -2.35. The molecule has 2 aliphatic heterocycles. The lowest BCUT2D eigenvalue weighted by atomic mass is 10.1. The van der Waals surface area contributed by atoms with Gasteiger partial charge in [-0.15, -0.1) is 0 Å². The summed E-state index contributed by atoms with van der Waals surface area (Å²) in [6.45, 7) is 7.02. The Kier molecular flexibility index (Phi) is 7.92. The summed E-state index contributed by atoms with van der Waals surface area (Å²) in [5.41, 5.74) is 0.822. The average molecular weight is 557 g/mol. The van der Waals surface area contributed by atoms with Gasteiger partial charge in [0.05, 0.1) is 16.7 Å². The highest BCUT2D eigenvalue weighted by atomic mass is 79.9. The maximum atomic E-state index is 12.7. The van der Waals surface area contributed by atoms with Crippen LogP contribution in [0.1, 0.15) is 26.3 Å². The van der Waals surface area contributed by atoms with E-state index in [4.69, 9.17) is 19.6 Å². The minimum Gasteiger partial charge on any atom is -0.490 e. The SMILES string of the molecule is CCOc1cc(/C=C2/C(=N)N3N=C(C(C)C)SC3=NC2=O)cc(Br)c1OCCOc1ccccc1. The van der Waals surface area contributed by atoms with Crippen LogP contribution in [0.25, 0.3) is 6.08 Å². The van der Waals surface area contributed by atoms with Gasteiger partial charge in [-0.2, -0.15) is 15.1 Å². The molecule has 0 saturated heterocycles. The summed E-state index contributed by atoms with van der Waals surface area (Å²) < 4.78 is 18.1. The summed E-state index contributed by atoms with van der Waals surface area (Å²) >= 11 is 4.87. The monoisotopic (exact) mass is 556 g/mol. The summed E-state index contributed by atoms with van der Waals surface area (Å²) in [7, 11) is 0. The smallest absolute Gasteiger partial charge is 0.283 e. The Hall–Kier alpha value is -3.11. The third-order valence-corrected chi connectivity index (χ3v) is 6.75. The largest absolute Gasteiger partial charge is 0.490 e. The van der Waals surface area contributed by atoms with Gasteiger partial charge in [0.2, 0.25) is 5.17 Å². The van der Waals surface area contributed by atoms with Gasteiger partial charge in [-0.1, -0.05) is 32.0 Å². The van der Waals surface area contributed by atoms with Gasteiger partial charge < -0.3 is 14.2 Å². The molecule has 0 aliphatic carbocycles. The van der Waals surface area contributed by atoms with E-state index in [1.807, 2.05) is 57.2 Å². The number of nitrogens with one attached hydrogen (secondary N) is 1. The van der Waals surface area contributed by atoms with Gasteiger partial charge in [-0.05, 0) is 70.5 Å². The van der Waals surface area contributed by atoms with Gasteiger partial charge in [0.15, 0.2) is 17.3 Å². The highest BCUT2D eigenvalue weighted by molar-refractivity contribution is 9.10. The van der Waals surface area contributed by atoms with Crippen molar-refractivity contribution in [3.8, 4) is 17.2 Å². The molecular weight excluding hydrogens is 532 g/mol. The van der Waals surface area contributed by atoms with Crippen LogP contribution in [0.4, 0.5) is 0 Å². The number of aliphatic imine (C=N–C) groups is 1. The van der Waals surface area contributed by atoms with Crippen molar-refractivity contribution in [1.29, 1.82) is 5.41 Å². The highest BCUT2D eigenvalue weighted by Gasteiger charge is 2.36. The number of hydrogen-bond acceptors (Lipinski definition) is 7. The number of carbonyl (C=O) groups is 1. The number of hydrogen-bond donors (Lipinski definition) is 1. The summed E-state index contributed by atoms with van der Waals surface area (Å²) in [4.78, 5) is 16.9. The van der Waals surface area contributed by atoms with E-state index >= 15 is 0 Å². The quantitative estimate of drug-likeness (QED) is 0.320. The molecule has 2 aliphatic rings. The lowest BCUT2D eigenvalue weighted by Gasteiger charge is -2.20. The molecule has 1 N–H and O–H groups in total. The Labute approximate surface area is 216 Å². The number of hydrazone groups is 1. The molecule has 2 heterocycles. The molecule has 4 rings (SSSR count). The number of nitrogens with zero attached hydrogens (tertiary/aromatic N) is 3. The normalized spacial score (nSPS) is 16.4. The number of para-hydroxylation sites is 1. The molecule has 0 bridgehead atoms. The van der Waals surface area contributed by atoms with Crippen LogP contribution in [0.3, 0.4) is 0 Å². The van der Waals surface area contributed by atoms with Gasteiger partial charge in [0, 0.05) is 5.92 Å². The van der Waals surface area contributed by atoms with E-state index in [0.717, 1.165) is 10.8 Å². The van der Waals surface area contributed by atoms with Crippen molar-refractivity contribution in [2.24, 2.45) is 16.0 Å². The predicted molar refractivity (Wildman–Crippen MR) is 143 cm³/mol. The van der Waals surface area contributed by atoms with Gasteiger partial charge in [0.25, 0.3) is 5.91 Å². The fourth-order valence-electron chi connectivity index (χ4n) is 3.30. The first kappa shape index (κ1) is 25.0. The van der Waals surface area contributed by atoms with Crippen LogP contribution in [-0.2, 0) is 4.79 Å². The van der Waals surface area contributed by atoms with E-state index in [-0.39, 0.29) is 17.3 Å². The lowest BCUT2D eigenvalue weighted by molar-refractivity contribution is -0.114. The van der Waals surface area contributed by atoms with Crippen molar-refractivity contribution in [2.75, 3.05) is 19.8 Å². The Balaban J connectivity index is 1.53. The Morgan fingerprint density at radius 2 is 1.89 bits per heavy atom. The molecule has 1 amide bonds. The minimum atomic E-state index is -0.471. The molecule has 35 heavy (non-hydrogen) atoms. The fourth-order valence-corrected chi connectivity index (χ4v) is 4.77. The number of fused-ring (bicyclic) bond motifs is 1. The van der Waals surface area contributed by atoms with Crippen molar-refractivity contribution in [3.05, 3.63) is 58.1 Å². The van der Waals surface area contributed by atoms with E-state index < -0.39 is 5.91 Å². The molecule has 0 fully saturated rings. The first-order valence-corrected chi connectivity index (χ1v) is 12.8. The highest BCUT2D eigenvalue weighted by Crippen LogP contribution is 2.38.